The van der Waals surface area contributed by atoms with Gasteiger partial charge in [-0.05, 0) is 31.2 Å². The lowest BCUT2D eigenvalue weighted by atomic mass is 10.3. The van der Waals surface area contributed by atoms with Gasteiger partial charge in [0.1, 0.15) is 0 Å². The Morgan fingerprint density at radius 2 is 1.95 bits per heavy atom. The molecule has 112 valence electrons. The lowest BCUT2D eigenvalue weighted by Gasteiger charge is -2.03. The van der Waals surface area contributed by atoms with Gasteiger partial charge < -0.3 is 10.6 Å². The number of primary sulfonamides is 1. The Hall–Kier alpha value is -2.04. The second-order valence-corrected chi connectivity index (χ2v) is 6.51. The molecule has 0 atom stereocenters. The number of benzene rings is 1. The first-order chi connectivity index (χ1) is 9.90. The van der Waals surface area contributed by atoms with Crippen LogP contribution in [0.15, 0.2) is 29.2 Å². The molecule has 0 spiro atoms. The Balaban J connectivity index is 2.08. The first kappa shape index (κ1) is 15.4. The molecule has 0 unspecified atom stereocenters. The minimum Gasteiger partial charge on any atom is -0.360 e. The van der Waals surface area contributed by atoms with Crippen molar-refractivity contribution in [3.05, 3.63) is 29.3 Å². The Bertz CT molecular complexity index is 739. The van der Waals surface area contributed by atoms with Crippen LogP contribution >= 0.6 is 11.3 Å². The van der Waals surface area contributed by atoms with Crippen molar-refractivity contribution in [2.45, 2.75) is 11.8 Å². The summed E-state index contributed by atoms with van der Waals surface area (Å²) in [5.41, 5.74) is 0.438. The Morgan fingerprint density at radius 3 is 2.52 bits per heavy atom. The average Bonchev–Trinajstić information content (AvgIpc) is 2.87. The molecule has 0 saturated carbocycles. The number of nitrogens with two attached hydrogens (primary N) is 1. The second-order valence-electron chi connectivity index (χ2n) is 3.97. The van der Waals surface area contributed by atoms with Gasteiger partial charge in [-0.25, -0.2) is 13.6 Å². The van der Waals surface area contributed by atoms with Crippen molar-refractivity contribution in [3.8, 4) is 0 Å². The van der Waals surface area contributed by atoms with Gasteiger partial charge in [0.05, 0.1) is 4.90 Å². The van der Waals surface area contributed by atoms with E-state index in [4.69, 9.17) is 5.14 Å². The van der Waals surface area contributed by atoms with Crippen molar-refractivity contribution < 1.29 is 13.2 Å². The van der Waals surface area contributed by atoms with Crippen LogP contribution in [0.5, 0.6) is 0 Å². The zero-order valence-corrected chi connectivity index (χ0v) is 12.7. The Morgan fingerprint density at radius 1 is 1.29 bits per heavy atom. The largest absolute Gasteiger partial charge is 0.360 e. The topological polar surface area (TPSA) is 127 Å². The zero-order chi connectivity index (χ0) is 15.5. The summed E-state index contributed by atoms with van der Waals surface area (Å²) in [7, 11) is -3.74. The van der Waals surface area contributed by atoms with Gasteiger partial charge in [0.25, 0.3) is 5.91 Å². The van der Waals surface area contributed by atoms with Crippen LogP contribution in [0.4, 0.5) is 10.8 Å². The summed E-state index contributed by atoms with van der Waals surface area (Å²) in [5.74, 6) is -0.417. The number of nitrogens with one attached hydrogen (secondary N) is 2. The van der Waals surface area contributed by atoms with Crippen LogP contribution < -0.4 is 15.8 Å². The SMILES string of the molecule is CCNc1nnc(C(=O)Nc2ccc(S(N)(=O)=O)cc2)s1. The van der Waals surface area contributed by atoms with Crippen molar-refractivity contribution in [1.82, 2.24) is 10.2 Å². The van der Waals surface area contributed by atoms with Crippen LogP contribution in [0.2, 0.25) is 0 Å². The third kappa shape index (κ3) is 3.97. The van der Waals surface area contributed by atoms with Crippen molar-refractivity contribution in [2.24, 2.45) is 5.14 Å². The molecule has 0 saturated heterocycles. The summed E-state index contributed by atoms with van der Waals surface area (Å²) in [6.45, 7) is 2.60. The van der Waals surface area contributed by atoms with Gasteiger partial charge in [-0.2, -0.15) is 0 Å². The summed E-state index contributed by atoms with van der Waals surface area (Å²) in [6.07, 6.45) is 0. The number of carbonyl (C=O) groups is 1. The van der Waals surface area contributed by atoms with Crippen LogP contribution in [0.25, 0.3) is 0 Å². The minimum absolute atomic E-state index is 0.0224. The predicted octanol–water partition coefficient (Wildman–Crippen LogP) is 0.870. The number of amides is 1. The number of rotatable bonds is 5. The van der Waals surface area contributed by atoms with Crippen molar-refractivity contribution in [2.75, 3.05) is 17.2 Å². The Kier molecular flexibility index (Phi) is 4.50. The van der Waals surface area contributed by atoms with E-state index in [1.54, 1.807) is 0 Å². The first-order valence-corrected chi connectivity index (χ1v) is 8.28. The second kappa shape index (κ2) is 6.16. The van der Waals surface area contributed by atoms with Gasteiger partial charge in [-0.3, -0.25) is 4.79 Å². The normalized spacial score (nSPS) is 11.1. The lowest BCUT2D eigenvalue weighted by Crippen LogP contribution is -2.13. The van der Waals surface area contributed by atoms with Gasteiger partial charge >= 0.3 is 0 Å². The number of sulfonamides is 1. The fourth-order valence-corrected chi connectivity index (χ4v) is 2.67. The Labute approximate surface area is 125 Å². The third-order valence-corrected chi connectivity index (χ3v) is 4.20. The monoisotopic (exact) mass is 327 g/mol. The van der Waals surface area contributed by atoms with Gasteiger partial charge in [0.15, 0.2) is 0 Å². The highest BCUT2D eigenvalue weighted by Gasteiger charge is 2.13. The van der Waals surface area contributed by atoms with E-state index in [-0.39, 0.29) is 9.90 Å². The van der Waals surface area contributed by atoms with Crippen LogP contribution in [-0.2, 0) is 10.0 Å². The maximum absolute atomic E-state index is 11.9. The number of hydrogen-bond acceptors (Lipinski definition) is 7. The van der Waals surface area contributed by atoms with Crippen LogP contribution in [-0.4, -0.2) is 31.1 Å². The number of carbonyl (C=O) groups excluding carboxylic acids is 1. The summed E-state index contributed by atoms with van der Waals surface area (Å²) < 4.78 is 22.2. The lowest BCUT2D eigenvalue weighted by molar-refractivity contribution is 0.102. The molecule has 1 aromatic heterocycles. The number of hydrogen-bond donors (Lipinski definition) is 3. The van der Waals surface area contributed by atoms with Crippen LogP contribution in [0.1, 0.15) is 16.7 Å². The highest BCUT2D eigenvalue weighted by Crippen LogP contribution is 2.17. The highest BCUT2D eigenvalue weighted by molar-refractivity contribution is 7.89. The molecule has 0 bridgehead atoms. The molecule has 1 amide bonds. The molecule has 10 heteroatoms. The predicted molar refractivity (Wildman–Crippen MR) is 79.8 cm³/mol. The molecule has 2 rings (SSSR count). The molecule has 21 heavy (non-hydrogen) atoms. The maximum Gasteiger partial charge on any atom is 0.286 e. The smallest absolute Gasteiger partial charge is 0.286 e. The molecule has 1 aromatic carbocycles. The molecule has 0 aliphatic heterocycles. The number of aromatic nitrogens is 2. The van der Waals surface area contributed by atoms with Crippen LogP contribution in [0, 0.1) is 0 Å². The van der Waals surface area contributed by atoms with E-state index in [9.17, 15) is 13.2 Å². The van der Waals surface area contributed by atoms with Crippen molar-refractivity contribution in [3.63, 3.8) is 0 Å². The van der Waals surface area contributed by atoms with Crippen molar-refractivity contribution in [1.29, 1.82) is 0 Å². The summed E-state index contributed by atoms with van der Waals surface area (Å²) >= 11 is 1.13. The van der Waals surface area contributed by atoms with Crippen molar-refractivity contribution >= 4 is 38.1 Å². The molecule has 4 N–H and O–H groups in total. The van der Waals surface area contributed by atoms with E-state index in [2.05, 4.69) is 20.8 Å². The first-order valence-electron chi connectivity index (χ1n) is 5.91. The molecule has 0 fully saturated rings. The highest BCUT2D eigenvalue weighted by atomic mass is 32.2. The van der Waals surface area contributed by atoms with Gasteiger partial charge in [0, 0.05) is 12.2 Å². The van der Waals surface area contributed by atoms with Gasteiger partial charge in [0.2, 0.25) is 20.2 Å². The maximum atomic E-state index is 11.9. The molecule has 0 radical (unpaired) electrons. The van der Waals surface area contributed by atoms with E-state index < -0.39 is 15.9 Å². The summed E-state index contributed by atoms with van der Waals surface area (Å²) in [5, 5.41) is 18.9. The van der Waals surface area contributed by atoms with E-state index in [0.29, 0.717) is 17.4 Å². The summed E-state index contributed by atoms with van der Waals surface area (Å²) in [6, 6.07) is 5.53. The third-order valence-electron chi connectivity index (χ3n) is 2.39. The summed E-state index contributed by atoms with van der Waals surface area (Å²) in [4.78, 5) is 11.9. The molecule has 2 aromatic rings. The fourth-order valence-electron chi connectivity index (χ4n) is 1.45. The zero-order valence-electron chi connectivity index (χ0n) is 11.0. The van der Waals surface area contributed by atoms with Crippen LogP contribution in [0.3, 0.4) is 0 Å². The van der Waals surface area contributed by atoms with Gasteiger partial charge in [-0.1, -0.05) is 11.3 Å². The van der Waals surface area contributed by atoms with E-state index in [0.717, 1.165) is 11.3 Å². The molecular formula is C11H13N5O3S2. The van der Waals surface area contributed by atoms with E-state index >= 15 is 0 Å². The quantitative estimate of drug-likeness (QED) is 0.748. The molecule has 0 aliphatic rings. The van der Waals surface area contributed by atoms with E-state index in [1.165, 1.54) is 24.3 Å². The van der Waals surface area contributed by atoms with Gasteiger partial charge in [-0.15, -0.1) is 10.2 Å². The average molecular weight is 327 g/mol. The van der Waals surface area contributed by atoms with E-state index in [1.807, 2.05) is 6.92 Å². The molecule has 8 nitrogen and oxygen atoms in total. The fraction of sp³-hybridized carbons (Fsp3) is 0.182. The molecular weight excluding hydrogens is 314 g/mol. The number of nitrogens with zero attached hydrogens (tertiary/aromatic N) is 2. The minimum atomic E-state index is -3.74. The molecule has 0 aliphatic carbocycles. The number of anilines is 2. The molecule has 1 heterocycles. The standard InChI is InChI=1S/C11H13N5O3S2/c1-2-13-11-16-15-10(20-11)9(17)14-7-3-5-8(6-4-7)21(12,18)19/h3-6H,2H2,1H3,(H,13,16)(H,14,17)(H2,12,18,19).